The van der Waals surface area contributed by atoms with Gasteiger partial charge >= 0.3 is 6.61 Å². The summed E-state index contributed by atoms with van der Waals surface area (Å²) in [6.45, 7) is -1.30. The Hall–Kier alpha value is -2.48. The molecule has 2 aromatic carbocycles. The minimum atomic E-state index is -3.75. The Morgan fingerprint density at radius 1 is 1.09 bits per heavy atom. The van der Waals surface area contributed by atoms with Gasteiger partial charge in [0, 0.05) is 0 Å². The normalized spacial score (nSPS) is 12.3. The van der Waals surface area contributed by atoms with Gasteiger partial charge in [-0.05, 0) is 48.9 Å². The van der Waals surface area contributed by atoms with Crippen molar-refractivity contribution < 1.29 is 21.9 Å². The zero-order valence-corrected chi connectivity index (χ0v) is 12.9. The van der Waals surface area contributed by atoms with Crippen LogP contribution in [-0.4, -0.2) is 20.7 Å². The van der Waals surface area contributed by atoms with Gasteiger partial charge in [0.05, 0.1) is 10.6 Å². The van der Waals surface area contributed by atoms with Gasteiger partial charge in [-0.1, -0.05) is 18.2 Å². The topological polar surface area (TPSA) is 67.8 Å². The molecule has 0 spiro atoms. The molecule has 0 bridgehead atoms. The van der Waals surface area contributed by atoms with E-state index >= 15 is 0 Å². The number of nitrogens with zero attached hydrogens (tertiary/aromatic N) is 1. The van der Waals surface area contributed by atoms with E-state index in [0.29, 0.717) is 11.3 Å². The average molecular weight is 340 g/mol. The smallest absolute Gasteiger partial charge is 0.387 e. The molecule has 5 nitrogen and oxygen atoms in total. The monoisotopic (exact) mass is 340 g/mol. The number of hydrogen-bond acceptors (Lipinski definition) is 4. The Morgan fingerprint density at radius 3 is 2.26 bits per heavy atom. The van der Waals surface area contributed by atoms with Gasteiger partial charge < -0.3 is 4.74 Å². The van der Waals surface area contributed by atoms with Crippen molar-refractivity contribution in [1.82, 2.24) is 4.83 Å². The number of sulfonamides is 1. The Labute approximate surface area is 132 Å². The summed E-state index contributed by atoms with van der Waals surface area (Å²) in [5.74, 6) is 0.0152. The highest BCUT2D eigenvalue weighted by Crippen LogP contribution is 2.15. The lowest BCUT2D eigenvalue weighted by Gasteiger charge is -2.07. The van der Waals surface area contributed by atoms with E-state index in [0.717, 1.165) is 0 Å². The van der Waals surface area contributed by atoms with Gasteiger partial charge in [0.25, 0.3) is 10.0 Å². The van der Waals surface area contributed by atoms with Crippen molar-refractivity contribution in [2.75, 3.05) is 0 Å². The first-order valence-electron chi connectivity index (χ1n) is 6.55. The van der Waals surface area contributed by atoms with Crippen LogP contribution in [0.4, 0.5) is 8.78 Å². The van der Waals surface area contributed by atoms with Gasteiger partial charge in [0.1, 0.15) is 5.75 Å². The molecule has 0 aliphatic carbocycles. The Kier molecular flexibility index (Phi) is 5.28. The summed E-state index contributed by atoms with van der Waals surface area (Å²) in [6.07, 6.45) is 0. The van der Waals surface area contributed by atoms with E-state index < -0.39 is 16.6 Å². The Balaban J connectivity index is 2.11. The van der Waals surface area contributed by atoms with Crippen LogP contribution in [0.15, 0.2) is 64.6 Å². The van der Waals surface area contributed by atoms with Crippen molar-refractivity contribution in [2.24, 2.45) is 5.10 Å². The van der Waals surface area contributed by atoms with Crippen molar-refractivity contribution in [3.8, 4) is 5.75 Å². The van der Waals surface area contributed by atoms with Crippen molar-refractivity contribution in [3.63, 3.8) is 0 Å². The fraction of sp³-hybridized carbons (Fsp3) is 0.133. The van der Waals surface area contributed by atoms with Gasteiger partial charge in [-0.15, -0.1) is 0 Å². The summed E-state index contributed by atoms with van der Waals surface area (Å²) in [7, 11) is -3.75. The summed E-state index contributed by atoms with van der Waals surface area (Å²) in [6, 6.07) is 13.5. The van der Waals surface area contributed by atoms with E-state index in [4.69, 9.17) is 0 Å². The molecular weight excluding hydrogens is 326 g/mol. The van der Waals surface area contributed by atoms with Crippen LogP contribution in [0.2, 0.25) is 0 Å². The van der Waals surface area contributed by atoms with Crippen LogP contribution in [-0.2, 0) is 10.0 Å². The minimum absolute atomic E-state index is 0.0152. The second-order valence-corrected chi connectivity index (χ2v) is 6.17. The average Bonchev–Trinajstić information content (AvgIpc) is 2.54. The fourth-order valence-corrected chi connectivity index (χ4v) is 2.60. The van der Waals surface area contributed by atoms with Gasteiger partial charge in [-0.2, -0.15) is 27.1 Å². The van der Waals surface area contributed by atoms with Crippen molar-refractivity contribution in [2.45, 2.75) is 18.4 Å². The van der Waals surface area contributed by atoms with Crippen LogP contribution in [0.3, 0.4) is 0 Å². The van der Waals surface area contributed by atoms with Crippen LogP contribution in [0, 0.1) is 0 Å². The molecule has 2 rings (SSSR count). The summed E-state index contributed by atoms with van der Waals surface area (Å²) >= 11 is 0. The number of hydrogen-bond donors (Lipinski definition) is 1. The molecule has 0 heterocycles. The molecule has 0 saturated carbocycles. The summed E-state index contributed by atoms with van der Waals surface area (Å²) < 4.78 is 52.4. The molecule has 0 atom stereocenters. The SMILES string of the molecule is CC(=NNS(=O)(=O)c1ccccc1)c1ccc(OC(F)F)cc1. The molecule has 0 aliphatic heterocycles. The van der Waals surface area contributed by atoms with Gasteiger partial charge in [-0.3, -0.25) is 0 Å². The molecule has 1 N–H and O–H groups in total. The van der Waals surface area contributed by atoms with Crippen molar-refractivity contribution >= 4 is 15.7 Å². The van der Waals surface area contributed by atoms with E-state index in [-0.39, 0.29) is 10.6 Å². The van der Waals surface area contributed by atoms with Crippen molar-refractivity contribution in [3.05, 3.63) is 60.2 Å². The first-order chi connectivity index (χ1) is 10.9. The molecule has 122 valence electrons. The summed E-state index contributed by atoms with van der Waals surface area (Å²) in [5.41, 5.74) is 0.954. The number of ether oxygens (including phenoxy) is 1. The summed E-state index contributed by atoms with van der Waals surface area (Å²) in [4.78, 5) is 2.22. The lowest BCUT2D eigenvalue weighted by atomic mass is 10.1. The van der Waals surface area contributed by atoms with E-state index in [1.54, 1.807) is 25.1 Å². The van der Waals surface area contributed by atoms with Gasteiger partial charge in [0.15, 0.2) is 0 Å². The van der Waals surface area contributed by atoms with Gasteiger partial charge in [-0.25, -0.2) is 0 Å². The standard InChI is InChI=1S/C15H14F2N2O3S/c1-11(12-7-9-13(10-8-12)22-15(16)17)18-19-23(20,21)14-5-3-2-4-6-14/h2-10,15,19H,1H3. The summed E-state index contributed by atoms with van der Waals surface area (Å²) in [5, 5.41) is 3.82. The molecule has 0 amide bonds. The highest BCUT2D eigenvalue weighted by atomic mass is 32.2. The molecule has 0 radical (unpaired) electrons. The van der Waals surface area contributed by atoms with E-state index in [1.807, 2.05) is 0 Å². The molecule has 0 saturated heterocycles. The molecule has 0 fully saturated rings. The quantitative estimate of drug-likeness (QED) is 0.649. The minimum Gasteiger partial charge on any atom is -0.435 e. The maximum atomic E-state index is 12.1. The zero-order valence-electron chi connectivity index (χ0n) is 12.1. The third kappa shape index (κ3) is 4.75. The van der Waals surface area contributed by atoms with E-state index in [2.05, 4.69) is 14.7 Å². The number of rotatable bonds is 6. The second-order valence-electron chi connectivity index (χ2n) is 4.51. The fourth-order valence-electron chi connectivity index (χ4n) is 1.72. The lowest BCUT2D eigenvalue weighted by Crippen LogP contribution is -2.19. The number of nitrogens with one attached hydrogen (secondary N) is 1. The molecule has 8 heteroatoms. The molecule has 0 aliphatic rings. The van der Waals surface area contributed by atoms with E-state index in [9.17, 15) is 17.2 Å². The van der Waals surface area contributed by atoms with E-state index in [1.165, 1.54) is 36.4 Å². The van der Waals surface area contributed by atoms with Crippen molar-refractivity contribution in [1.29, 1.82) is 0 Å². The first kappa shape index (κ1) is 16.9. The zero-order chi connectivity index (χ0) is 16.9. The number of halogens is 2. The predicted molar refractivity (Wildman–Crippen MR) is 82.0 cm³/mol. The number of alkyl halides is 2. The Morgan fingerprint density at radius 2 is 1.70 bits per heavy atom. The van der Waals surface area contributed by atoms with Crippen LogP contribution >= 0.6 is 0 Å². The van der Waals surface area contributed by atoms with Crippen LogP contribution in [0.5, 0.6) is 5.75 Å². The van der Waals surface area contributed by atoms with Gasteiger partial charge in [0.2, 0.25) is 0 Å². The first-order valence-corrected chi connectivity index (χ1v) is 8.03. The third-order valence-corrected chi connectivity index (χ3v) is 4.11. The highest BCUT2D eigenvalue weighted by Gasteiger charge is 2.12. The highest BCUT2D eigenvalue weighted by molar-refractivity contribution is 7.89. The van der Waals surface area contributed by atoms with Crippen LogP contribution in [0.1, 0.15) is 12.5 Å². The molecule has 0 aromatic heterocycles. The number of hydrazone groups is 1. The third-order valence-electron chi connectivity index (χ3n) is 2.88. The largest absolute Gasteiger partial charge is 0.435 e. The predicted octanol–water partition coefficient (Wildman–Crippen LogP) is 2.99. The number of benzene rings is 2. The molecule has 23 heavy (non-hydrogen) atoms. The maximum absolute atomic E-state index is 12.1. The van der Waals surface area contributed by atoms with Crippen LogP contribution < -0.4 is 9.57 Å². The molecule has 0 unspecified atom stereocenters. The maximum Gasteiger partial charge on any atom is 0.387 e. The lowest BCUT2D eigenvalue weighted by molar-refractivity contribution is -0.0498. The Bertz CT molecular complexity index is 776. The van der Waals surface area contributed by atoms with Crippen LogP contribution in [0.25, 0.3) is 0 Å². The molecule has 2 aromatic rings. The molecular formula is C15H14F2N2O3S. The second kappa shape index (κ2) is 7.19.